The minimum atomic E-state index is -4.33. The van der Waals surface area contributed by atoms with Gasteiger partial charge in [0, 0.05) is 37.8 Å². The van der Waals surface area contributed by atoms with Crippen molar-refractivity contribution in [2.75, 3.05) is 13.6 Å². The van der Waals surface area contributed by atoms with E-state index in [0.29, 0.717) is 12.0 Å². The molecule has 0 spiro atoms. The van der Waals surface area contributed by atoms with Crippen molar-refractivity contribution >= 4 is 18.0 Å². The molecule has 9 heteroatoms. The van der Waals surface area contributed by atoms with Gasteiger partial charge in [0.1, 0.15) is 6.29 Å². The monoisotopic (exact) mass is 391 g/mol. The van der Waals surface area contributed by atoms with E-state index in [9.17, 15) is 27.6 Å². The molecular formula is C18H28F3N3O3. The van der Waals surface area contributed by atoms with E-state index >= 15 is 0 Å². The van der Waals surface area contributed by atoms with E-state index in [2.05, 4.69) is 29.1 Å². The van der Waals surface area contributed by atoms with E-state index in [1.165, 1.54) is 7.05 Å². The van der Waals surface area contributed by atoms with E-state index in [0.717, 1.165) is 0 Å². The van der Waals surface area contributed by atoms with Gasteiger partial charge in [0.25, 0.3) is 0 Å². The van der Waals surface area contributed by atoms with Gasteiger partial charge in [-0.1, -0.05) is 27.0 Å². The van der Waals surface area contributed by atoms with Gasteiger partial charge in [-0.3, -0.25) is 9.59 Å². The molecule has 6 nitrogen and oxygen atoms in total. The molecule has 0 bridgehead atoms. The van der Waals surface area contributed by atoms with Crippen LogP contribution in [0.2, 0.25) is 0 Å². The number of ketones is 1. The van der Waals surface area contributed by atoms with Crippen LogP contribution in [0.4, 0.5) is 13.2 Å². The van der Waals surface area contributed by atoms with Gasteiger partial charge >= 0.3 is 6.18 Å². The number of nitrogens with one attached hydrogen (secondary N) is 3. The van der Waals surface area contributed by atoms with Crippen molar-refractivity contribution in [3.63, 3.8) is 0 Å². The third-order valence-electron chi connectivity index (χ3n) is 3.76. The molecule has 0 aliphatic carbocycles. The second-order valence-corrected chi connectivity index (χ2v) is 6.56. The van der Waals surface area contributed by atoms with Crippen molar-refractivity contribution in [1.82, 2.24) is 16.0 Å². The molecule has 0 rings (SSSR count). The molecule has 0 aliphatic rings. The number of aldehydes is 1. The Hall–Kier alpha value is -2.32. The smallest absolute Gasteiger partial charge is 0.388 e. The molecule has 0 heterocycles. The highest BCUT2D eigenvalue weighted by Crippen LogP contribution is 2.22. The van der Waals surface area contributed by atoms with Crippen LogP contribution in [-0.2, 0) is 14.4 Å². The Kier molecular flexibility index (Phi) is 10.4. The Bertz CT molecular complexity index is 560. The summed E-state index contributed by atoms with van der Waals surface area (Å²) in [5.74, 6) is -2.12. The molecule has 1 amide bonds. The van der Waals surface area contributed by atoms with Crippen LogP contribution in [0.1, 0.15) is 33.1 Å². The van der Waals surface area contributed by atoms with Crippen molar-refractivity contribution < 1.29 is 27.6 Å². The lowest BCUT2D eigenvalue weighted by atomic mass is 9.89. The fourth-order valence-corrected chi connectivity index (χ4v) is 2.30. The lowest BCUT2D eigenvalue weighted by molar-refractivity contribution is -0.134. The van der Waals surface area contributed by atoms with Crippen LogP contribution in [0.25, 0.3) is 0 Å². The number of alkyl halides is 3. The maximum absolute atomic E-state index is 12.6. The molecule has 3 N–H and O–H groups in total. The summed E-state index contributed by atoms with van der Waals surface area (Å²) in [6.07, 6.45) is -4.99. The Morgan fingerprint density at radius 3 is 2.19 bits per heavy atom. The minimum Gasteiger partial charge on any atom is -0.388 e. The zero-order valence-electron chi connectivity index (χ0n) is 15.9. The van der Waals surface area contributed by atoms with Crippen molar-refractivity contribution in [3.05, 3.63) is 24.6 Å². The van der Waals surface area contributed by atoms with E-state index in [1.807, 2.05) is 0 Å². The molecule has 0 aliphatic heterocycles. The van der Waals surface area contributed by atoms with Gasteiger partial charge in [-0.05, 0) is 5.92 Å². The van der Waals surface area contributed by atoms with Crippen LogP contribution in [0, 0.1) is 11.8 Å². The first-order valence-corrected chi connectivity index (χ1v) is 8.53. The highest BCUT2D eigenvalue weighted by Gasteiger charge is 2.31. The molecule has 0 fully saturated rings. The molecular weight excluding hydrogens is 363 g/mol. The van der Waals surface area contributed by atoms with Crippen molar-refractivity contribution in [3.8, 4) is 0 Å². The lowest BCUT2D eigenvalue weighted by Crippen LogP contribution is -2.45. The maximum atomic E-state index is 12.6. The Labute approximate surface area is 157 Å². The van der Waals surface area contributed by atoms with Crippen molar-refractivity contribution in [1.29, 1.82) is 0 Å². The fraction of sp³-hybridized carbons (Fsp3) is 0.611. The average molecular weight is 391 g/mol. The van der Waals surface area contributed by atoms with Gasteiger partial charge in [-0.25, -0.2) is 0 Å². The summed E-state index contributed by atoms with van der Waals surface area (Å²) >= 11 is 0. The number of carbonyl (C=O) groups excluding carboxylic acids is 3. The Morgan fingerprint density at radius 1 is 1.15 bits per heavy atom. The Balaban J connectivity index is 4.69. The van der Waals surface area contributed by atoms with E-state index in [1.54, 1.807) is 13.8 Å². The summed E-state index contributed by atoms with van der Waals surface area (Å²) in [5, 5.41) is 7.84. The van der Waals surface area contributed by atoms with Crippen LogP contribution in [0.15, 0.2) is 24.6 Å². The zero-order valence-corrected chi connectivity index (χ0v) is 15.9. The van der Waals surface area contributed by atoms with Crippen LogP contribution in [0.5, 0.6) is 0 Å². The molecule has 0 radical (unpaired) electrons. The van der Waals surface area contributed by atoms with Gasteiger partial charge in [-0.15, -0.1) is 0 Å². The predicted octanol–water partition coefficient (Wildman–Crippen LogP) is 2.08. The van der Waals surface area contributed by atoms with Crippen LogP contribution in [-0.4, -0.2) is 43.8 Å². The molecule has 0 saturated heterocycles. The number of rotatable bonds is 13. The molecule has 27 heavy (non-hydrogen) atoms. The molecule has 154 valence electrons. The molecule has 0 aromatic heterocycles. The number of allylic oxidation sites excluding steroid dienone is 1. The summed E-state index contributed by atoms with van der Waals surface area (Å²) < 4.78 is 36.7. The molecule has 2 atom stereocenters. The second kappa shape index (κ2) is 11.4. The van der Waals surface area contributed by atoms with E-state index in [-0.39, 0.29) is 31.0 Å². The summed E-state index contributed by atoms with van der Waals surface area (Å²) in [4.78, 5) is 35.2. The van der Waals surface area contributed by atoms with Gasteiger partial charge < -0.3 is 20.7 Å². The number of halogens is 3. The topological polar surface area (TPSA) is 87.3 Å². The zero-order chi connectivity index (χ0) is 21.2. The fourth-order valence-electron chi connectivity index (χ4n) is 2.30. The summed E-state index contributed by atoms with van der Waals surface area (Å²) in [5.41, 5.74) is 0.275. The van der Waals surface area contributed by atoms with Gasteiger partial charge in [-0.2, -0.15) is 13.2 Å². The van der Waals surface area contributed by atoms with Crippen LogP contribution < -0.4 is 16.0 Å². The average Bonchev–Trinajstić information content (AvgIpc) is 2.54. The highest BCUT2D eigenvalue weighted by atomic mass is 19.4. The number of carbonyl (C=O) groups is 3. The summed E-state index contributed by atoms with van der Waals surface area (Å²) in [6, 6.07) is -0.740. The normalized spacial score (nSPS) is 13.4. The van der Waals surface area contributed by atoms with Crippen LogP contribution in [0.3, 0.4) is 0 Å². The number of hydrogen-bond acceptors (Lipinski definition) is 5. The first kappa shape index (κ1) is 24.7. The third-order valence-corrected chi connectivity index (χ3v) is 3.76. The highest BCUT2D eigenvalue weighted by molar-refractivity contribution is 6.00. The second-order valence-electron chi connectivity index (χ2n) is 6.56. The van der Waals surface area contributed by atoms with Crippen molar-refractivity contribution in [2.45, 2.75) is 45.3 Å². The predicted molar refractivity (Wildman–Crippen MR) is 96.6 cm³/mol. The van der Waals surface area contributed by atoms with E-state index in [4.69, 9.17) is 0 Å². The van der Waals surface area contributed by atoms with Gasteiger partial charge in [0.2, 0.25) is 5.91 Å². The molecule has 0 saturated carbocycles. The largest absolute Gasteiger partial charge is 0.394 e. The minimum absolute atomic E-state index is 0.154. The maximum Gasteiger partial charge on any atom is 0.394 e. The molecule has 0 aromatic carbocycles. The molecule has 0 aromatic rings. The third kappa shape index (κ3) is 10.4. The first-order valence-electron chi connectivity index (χ1n) is 8.53. The standard InChI is InChI=1S/C18H28F3N3O3/c1-11(2)16(17(27)14(10-25)8-15(26)22-5)24-12(3)6-7-23-13(4)9-18(19,20)21/h10-11,14,16,23-24H,3-4,6-9H2,1-2,5H3,(H,22,26). The van der Waals surface area contributed by atoms with Crippen LogP contribution >= 0.6 is 0 Å². The van der Waals surface area contributed by atoms with Gasteiger partial charge in [0.15, 0.2) is 5.78 Å². The summed E-state index contributed by atoms with van der Waals surface area (Å²) in [7, 11) is 1.41. The lowest BCUT2D eigenvalue weighted by Gasteiger charge is -2.26. The van der Waals surface area contributed by atoms with E-state index < -0.39 is 36.2 Å². The quantitative estimate of drug-likeness (QED) is 0.331. The van der Waals surface area contributed by atoms with Crippen molar-refractivity contribution in [2.24, 2.45) is 11.8 Å². The number of Topliss-reactive ketones (excluding diaryl/α,β-unsaturated/α-hetero) is 1. The number of hydrogen-bond donors (Lipinski definition) is 3. The summed E-state index contributed by atoms with van der Waals surface area (Å²) in [6.45, 7) is 10.8. The SMILES string of the molecule is C=C(CC(F)(F)F)NCCC(=C)NC(C(=O)C(C=O)CC(=O)NC)C(C)C. The Morgan fingerprint density at radius 2 is 1.74 bits per heavy atom. The molecule has 2 unspecified atom stereocenters. The number of amides is 1. The first-order chi connectivity index (χ1) is 12.4. The van der Waals surface area contributed by atoms with Gasteiger partial charge in [0.05, 0.1) is 18.4 Å².